The Balaban J connectivity index is 0.00000288. The molecule has 0 aliphatic heterocycles. The second-order valence-electron chi connectivity index (χ2n) is 4.47. The molecule has 2 aromatic rings. The Morgan fingerprint density at radius 1 is 1.42 bits per heavy atom. The number of hydrogen-bond acceptors (Lipinski definition) is 6. The van der Waals surface area contributed by atoms with Crippen molar-refractivity contribution < 1.29 is 14.3 Å². The predicted molar refractivity (Wildman–Crippen MR) is 98.6 cm³/mol. The van der Waals surface area contributed by atoms with Crippen LogP contribution in [0.5, 0.6) is 5.75 Å². The number of amides is 1. The molecule has 0 atom stereocenters. The Hall–Kier alpha value is -1.38. The molecule has 9 heteroatoms. The van der Waals surface area contributed by atoms with Crippen LogP contribution < -0.4 is 15.8 Å². The van der Waals surface area contributed by atoms with E-state index in [2.05, 4.69) is 10.3 Å². The van der Waals surface area contributed by atoms with Crippen molar-refractivity contribution in [3.8, 4) is 5.75 Å². The second-order valence-corrected chi connectivity index (χ2v) is 5.85. The van der Waals surface area contributed by atoms with Crippen molar-refractivity contribution in [2.24, 2.45) is 5.73 Å². The number of carbonyl (C=O) groups excluding carboxylic acids is 1. The van der Waals surface area contributed by atoms with E-state index in [0.29, 0.717) is 53.5 Å². The first-order chi connectivity index (χ1) is 11.1. The maximum Gasteiger partial charge on any atom is 0.275 e. The first-order valence-electron chi connectivity index (χ1n) is 7.10. The number of nitrogens with zero attached hydrogens (tertiary/aromatic N) is 1. The van der Waals surface area contributed by atoms with Crippen LogP contribution in [0.4, 0.5) is 5.69 Å². The lowest BCUT2D eigenvalue weighted by atomic mass is 10.3. The number of aromatic nitrogens is 1. The zero-order valence-electron chi connectivity index (χ0n) is 13.1. The molecule has 0 unspecified atom stereocenters. The molecular weight excluding hydrogens is 373 g/mol. The Morgan fingerprint density at radius 3 is 2.88 bits per heavy atom. The predicted octanol–water partition coefficient (Wildman–Crippen LogP) is 3.34. The largest absolute Gasteiger partial charge is 0.489 e. The maximum absolute atomic E-state index is 12.3. The number of carbonyl (C=O) groups is 1. The Bertz CT molecular complexity index is 667. The molecule has 1 amide bonds. The number of rotatable bonds is 8. The minimum absolute atomic E-state index is 0. The van der Waals surface area contributed by atoms with Gasteiger partial charge in [0.1, 0.15) is 23.1 Å². The number of halogens is 2. The van der Waals surface area contributed by atoms with Crippen LogP contribution in [0.15, 0.2) is 23.6 Å². The molecule has 24 heavy (non-hydrogen) atoms. The van der Waals surface area contributed by atoms with E-state index in [-0.39, 0.29) is 18.3 Å². The van der Waals surface area contributed by atoms with Crippen LogP contribution in [0.2, 0.25) is 5.02 Å². The van der Waals surface area contributed by atoms with Crippen molar-refractivity contribution in [3.05, 3.63) is 39.3 Å². The minimum Gasteiger partial charge on any atom is -0.489 e. The third-order valence-corrected chi connectivity index (χ3v) is 3.94. The first kappa shape index (κ1) is 20.7. The zero-order valence-corrected chi connectivity index (χ0v) is 15.5. The lowest BCUT2D eigenvalue weighted by Crippen LogP contribution is -2.14. The van der Waals surface area contributed by atoms with Gasteiger partial charge in [-0.2, -0.15) is 0 Å². The van der Waals surface area contributed by atoms with Crippen LogP contribution in [0.3, 0.4) is 0 Å². The summed E-state index contributed by atoms with van der Waals surface area (Å²) in [6.45, 7) is 3.70. The molecule has 0 radical (unpaired) electrons. The lowest BCUT2D eigenvalue weighted by molar-refractivity contribution is 0.102. The molecule has 1 aromatic heterocycles. The molecule has 0 saturated carbocycles. The highest BCUT2D eigenvalue weighted by Crippen LogP contribution is 2.28. The number of nitrogens with one attached hydrogen (secondary N) is 1. The van der Waals surface area contributed by atoms with Crippen molar-refractivity contribution in [3.63, 3.8) is 0 Å². The summed E-state index contributed by atoms with van der Waals surface area (Å²) in [6.07, 6.45) is 0. The molecule has 0 fully saturated rings. The van der Waals surface area contributed by atoms with Gasteiger partial charge in [-0.3, -0.25) is 4.79 Å². The Labute approximate surface area is 155 Å². The molecule has 1 aromatic carbocycles. The maximum atomic E-state index is 12.3. The van der Waals surface area contributed by atoms with Crippen LogP contribution in [0.25, 0.3) is 0 Å². The number of ether oxygens (including phenoxy) is 2. The van der Waals surface area contributed by atoms with Crippen LogP contribution in [0.1, 0.15) is 22.4 Å². The minimum atomic E-state index is -0.335. The SMILES string of the molecule is CCOCCOc1ccc(Cl)cc1NC(=O)c1csc(CN)n1.Cl. The van der Waals surface area contributed by atoms with Crippen LogP contribution in [0, 0.1) is 0 Å². The van der Waals surface area contributed by atoms with Crippen molar-refractivity contribution >= 4 is 46.9 Å². The average molecular weight is 392 g/mol. The fourth-order valence-corrected chi connectivity index (χ4v) is 2.60. The molecule has 132 valence electrons. The molecular formula is C15H19Cl2N3O3S. The van der Waals surface area contributed by atoms with Crippen molar-refractivity contribution in [1.29, 1.82) is 0 Å². The van der Waals surface area contributed by atoms with E-state index in [1.54, 1.807) is 23.6 Å². The fourth-order valence-electron chi connectivity index (χ4n) is 1.78. The summed E-state index contributed by atoms with van der Waals surface area (Å²) in [5.74, 6) is 0.189. The van der Waals surface area contributed by atoms with Crippen molar-refractivity contribution in [2.75, 3.05) is 25.1 Å². The molecule has 0 aliphatic rings. The van der Waals surface area contributed by atoms with Crippen molar-refractivity contribution in [2.45, 2.75) is 13.5 Å². The highest BCUT2D eigenvalue weighted by Gasteiger charge is 2.14. The van der Waals surface area contributed by atoms with E-state index in [4.69, 9.17) is 26.8 Å². The number of benzene rings is 1. The standard InChI is InChI=1S/C15H18ClN3O3S.ClH/c1-2-21-5-6-22-13-4-3-10(16)7-11(13)19-15(20)12-9-23-14(8-17)18-12;/h3-4,7,9H,2,5-6,8,17H2,1H3,(H,19,20);1H. The summed E-state index contributed by atoms with van der Waals surface area (Å²) in [7, 11) is 0. The van der Waals surface area contributed by atoms with Gasteiger partial charge >= 0.3 is 0 Å². The molecule has 2 rings (SSSR count). The molecule has 6 nitrogen and oxygen atoms in total. The fraction of sp³-hybridized carbons (Fsp3) is 0.333. The van der Waals surface area contributed by atoms with E-state index in [9.17, 15) is 4.79 Å². The lowest BCUT2D eigenvalue weighted by Gasteiger charge is -2.12. The Kier molecular flexibility index (Phi) is 9.02. The van der Waals surface area contributed by atoms with Crippen LogP contribution >= 0.6 is 35.3 Å². The van der Waals surface area contributed by atoms with E-state index in [1.807, 2.05) is 6.92 Å². The summed E-state index contributed by atoms with van der Waals surface area (Å²) in [5.41, 5.74) is 6.31. The van der Waals surface area contributed by atoms with Gasteiger partial charge in [0.2, 0.25) is 0 Å². The van der Waals surface area contributed by atoms with Gasteiger partial charge in [0, 0.05) is 23.6 Å². The summed E-state index contributed by atoms with van der Waals surface area (Å²) < 4.78 is 10.8. The average Bonchev–Trinajstić information content (AvgIpc) is 3.02. The van der Waals surface area contributed by atoms with Gasteiger partial charge in [0.15, 0.2) is 0 Å². The first-order valence-corrected chi connectivity index (χ1v) is 8.35. The summed E-state index contributed by atoms with van der Waals surface area (Å²) in [6, 6.07) is 5.03. The van der Waals surface area contributed by atoms with Gasteiger partial charge in [-0.1, -0.05) is 11.6 Å². The monoisotopic (exact) mass is 391 g/mol. The smallest absolute Gasteiger partial charge is 0.275 e. The molecule has 0 saturated heterocycles. The van der Waals surface area contributed by atoms with Crippen LogP contribution in [-0.2, 0) is 11.3 Å². The molecule has 1 heterocycles. The normalized spacial score (nSPS) is 10.1. The summed E-state index contributed by atoms with van der Waals surface area (Å²) in [4.78, 5) is 16.4. The number of thiazole rings is 1. The van der Waals surface area contributed by atoms with E-state index < -0.39 is 0 Å². The zero-order chi connectivity index (χ0) is 16.7. The summed E-state index contributed by atoms with van der Waals surface area (Å²) in [5, 5.41) is 5.63. The van der Waals surface area contributed by atoms with E-state index in [1.165, 1.54) is 11.3 Å². The van der Waals surface area contributed by atoms with Gasteiger partial charge in [0.25, 0.3) is 5.91 Å². The van der Waals surface area contributed by atoms with Gasteiger partial charge in [-0.05, 0) is 25.1 Å². The number of hydrogen-bond donors (Lipinski definition) is 2. The topological polar surface area (TPSA) is 86.5 Å². The van der Waals surface area contributed by atoms with Gasteiger partial charge in [-0.15, -0.1) is 23.7 Å². The second kappa shape index (κ2) is 10.5. The third-order valence-electron chi connectivity index (χ3n) is 2.84. The third kappa shape index (κ3) is 5.92. The molecule has 3 N–H and O–H groups in total. The molecule has 0 bridgehead atoms. The molecule has 0 aliphatic carbocycles. The van der Waals surface area contributed by atoms with E-state index in [0.717, 1.165) is 0 Å². The van der Waals surface area contributed by atoms with Gasteiger partial charge in [-0.25, -0.2) is 4.98 Å². The van der Waals surface area contributed by atoms with E-state index >= 15 is 0 Å². The number of anilines is 1. The van der Waals surface area contributed by atoms with Gasteiger partial charge in [0.05, 0.1) is 12.3 Å². The van der Waals surface area contributed by atoms with Crippen LogP contribution in [-0.4, -0.2) is 30.7 Å². The number of nitrogens with two attached hydrogens (primary N) is 1. The van der Waals surface area contributed by atoms with Crippen molar-refractivity contribution in [1.82, 2.24) is 4.98 Å². The summed E-state index contributed by atoms with van der Waals surface area (Å²) >= 11 is 7.34. The molecule has 0 spiro atoms. The quantitative estimate of drug-likeness (QED) is 0.673. The highest BCUT2D eigenvalue weighted by atomic mass is 35.5. The highest BCUT2D eigenvalue weighted by molar-refractivity contribution is 7.09. The van der Waals surface area contributed by atoms with Gasteiger partial charge < -0.3 is 20.5 Å². The Morgan fingerprint density at radius 2 is 2.21 bits per heavy atom.